The number of carbonyl (C=O) groups is 2. The minimum atomic E-state index is -0.997. The molecule has 8 heteroatoms. The number of carboxylic acids is 1. The fourth-order valence-corrected chi connectivity index (χ4v) is 2.30. The third kappa shape index (κ3) is 2.13. The number of nitrogens with two attached hydrogens (primary N) is 1. The summed E-state index contributed by atoms with van der Waals surface area (Å²) in [5, 5.41) is 15.2. The average Bonchev–Trinajstić information content (AvgIpc) is 2.74. The van der Waals surface area contributed by atoms with Gasteiger partial charge in [0.2, 0.25) is 11.8 Å². The fourth-order valence-electron chi connectivity index (χ4n) is 2.30. The molecule has 0 spiro atoms. The van der Waals surface area contributed by atoms with Crippen LogP contribution in [0.3, 0.4) is 0 Å². The van der Waals surface area contributed by atoms with Crippen LogP contribution < -0.4 is 5.73 Å². The van der Waals surface area contributed by atoms with Crippen molar-refractivity contribution in [3.05, 3.63) is 5.82 Å². The third-order valence-electron chi connectivity index (χ3n) is 3.15. The molecule has 1 fully saturated rings. The van der Waals surface area contributed by atoms with E-state index in [2.05, 4.69) is 15.2 Å². The molecule has 2 rings (SSSR count). The summed E-state index contributed by atoms with van der Waals surface area (Å²) >= 11 is 0. The third-order valence-corrected chi connectivity index (χ3v) is 3.15. The molecule has 0 saturated carbocycles. The Kier molecular flexibility index (Phi) is 3.17. The first-order valence-corrected chi connectivity index (χ1v) is 5.72. The van der Waals surface area contributed by atoms with Crippen LogP contribution in [0.4, 0.5) is 5.95 Å². The van der Waals surface area contributed by atoms with Gasteiger partial charge in [-0.25, -0.2) is 4.79 Å². The first-order chi connectivity index (χ1) is 8.50. The Balaban J connectivity index is 2.24. The van der Waals surface area contributed by atoms with Gasteiger partial charge >= 0.3 is 5.97 Å². The molecule has 0 bridgehead atoms. The Labute approximate surface area is 103 Å². The predicted octanol–water partition coefficient (Wildman–Crippen LogP) is -0.288. The highest BCUT2D eigenvalue weighted by molar-refractivity contribution is 5.93. The Morgan fingerprint density at radius 3 is 2.83 bits per heavy atom. The van der Waals surface area contributed by atoms with Gasteiger partial charge in [-0.15, -0.1) is 5.10 Å². The molecule has 18 heavy (non-hydrogen) atoms. The lowest BCUT2D eigenvalue weighted by Gasteiger charge is -2.36. The SMILES string of the molecule is CC1CCCN(C(=O)c2nc(N)n[nH]2)C1C(=O)O. The van der Waals surface area contributed by atoms with Crippen LogP contribution in [0.1, 0.15) is 30.4 Å². The molecule has 4 N–H and O–H groups in total. The molecule has 0 aromatic carbocycles. The molecule has 1 aliphatic rings. The van der Waals surface area contributed by atoms with Crippen molar-refractivity contribution in [2.45, 2.75) is 25.8 Å². The second-order valence-electron chi connectivity index (χ2n) is 4.44. The largest absolute Gasteiger partial charge is 0.480 e. The van der Waals surface area contributed by atoms with Gasteiger partial charge < -0.3 is 15.7 Å². The number of piperidine rings is 1. The summed E-state index contributed by atoms with van der Waals surface area (Å²) in [4.78, 5) is 28.4. The summed E-state index contributed by atoms with van der Waals surface area (Å²) in [5.74, 6) is -1.61. The van der Waals surface area contributed by atoms with Crippen molar-refractivity contribution in [2.24, 2.45) is 5.92 Å². The number of nitrogens with one attached hydrogen (secondary N) is 1. The lowest BCUT2D eigenvalue weighted by Crippen LogP contribution is -2.52. The smallest absolute Gasteiger partial charge is 0.326 e. The molecule has 2 heterocycles. The van der Waals surface area contributed by atoms with Crippen LogP contribution in [-0.4, -0.2) is 49.7 Å². The molecule has 1 aromatic rings. The maximum atomic E-state index is 12.1. The fraction of sp³-hybridized carbons (Fsp3) is 0.600. The van der Waals surface area contributed by atoms with Gasteiger partial charge in [0.15, 0.2) is 0 Å². The van der Waals surface area contributed by atoms with Gasteiger partial charge in [-0.1, -0.05) is 6.92 Å². The van der Waals surface area contributed by atoms with E-state index in [1.54, 1.807) is 0 Å². The lowest BCUT2D eigenvalue weighted by atomic mass is 9.90. The number of rotatable bonds is 2. The van der Waals surface area contributed by atoms with Crippen molar-refractivity contribution < 1.29 is 14.7 Å². The number of hydrogen-bond acceptors (Lipinski definition) is 5. The number of aliphatic carboxylic acids is 1. The normalized spacial score (nSPS) is 23.9. The summed E-state index contributed by atoms with van der Waals surface area (Å²) < 4.78 is 0. The molecule has 8 nitrogen and oxygen atoms in total. The number of amides is 1. The Hall–Kier alpha value is -2.12. The van der Waals surface area contributed by atoms with Crippen molar-refractivity contribution in [2.75, 3.05) is 12.3 Å². The summed E-state index contributed by atoms with van der Waals surface area (Å²) in [7, 11) is 0. The molecule has 1 aliphatic heterocycles. The highest BCUT2D eigenvalue weighted by Crippen LogP contribution is 2.24. The Morgan fingerprint density at radius 2 is 2.28 bits per heavy atom. The average molecular weight is 253 g/mol. The molecular weight excluding hydrogens is 238 g/mol. The number of hydrogen-bond donors (Lipinski definition) is 3. The van der Waals surface area contributed by atoms with E-state index in [0.717, 1.165) is 12.8 Å². The summed E-state index contributed by atoms with van der Waals surface area (Å²) in [6.07, 6.45) is 1.57. The monoisotopic (exact) mass is 253 g/mol. The maximum absolute atomic E-state index is 12.1. The lowest BCUT2D eigenvalue weighted by molar-refractivity contribution is -0.145. The molecule has 2 atom stereocenters. The van der Waals surface area contributed by atoms with Gasteiger partial charge in [0.25, 0.3) is 5.91 Å². The summed E-state index contributed by atoms with van der Waals surface area (Å²) in [5.41, 5.74) is 5.33. The highest BCUT2D eigenvalue weighted by atomic mass is 16.4. The van der Waals surface area contributed by atoms with Crippen LogP contribution in [0.25, 0.3) is 0 Å². The number of aromatic amines is 1. The van der Waals surface area contributed by atoms with E-state index in [1.807, 2.05) is 6.92 Å². The van der Waals surface area contributed by atoms with Crippen LogP contribution >= 0.6 is 0 Å². The van der Waals surface area contributed by atoms with Gasteiger partial charge in [0.05, 0.1) is 0 Å². The van der Waals surface area contributed by atoms with Crippen molar-refractivity contribution >= 4 is 17.8 Å². The first kappa shape index (κ1) is 12.3. The van der Waals surface area contributed by atoms with Crippen LogP contribution in [0, 0.1) is 5.92 Å². The molecule has 0 aliphatic carbocycles. The summed E-state index contributed by atoms with van der Waals surface area (Å²) in [6.45, 7) is 2.23. The minimum absolute atomic E-state index is 0.0205. The molecule has 0 radical (unpaired) electrons. The van der Waals surface area contributed by atoms with Crippen molar-refractivity contribution in [1.82, 2.24) is 20.1 Å². The van der Waals surface area contributed by atoms with Gasteiger partial charge in [-0.2, -0.15) is 4.98 Å². The molecule has 2 unspecified atom stereocenters. The van der Waals surface area contributed by atoms with E-state index in [0.29, 0.717) is 6.54 Å². The number of H-pyrrole nitrogens is 1. The predicted molar refractivity (Wildman–Crippen MR) is 61.7 cm³/mol. The van der Waals surface area contributed by atoms with Crippen LogP contribution in [0.5, 0.6) is 0 Å². The molecular formula is C10H15N5O3. The van der Waals surface area contributed by atoms with E-state index < -0.39 is 17.9 Å². The van der Waals surface area contributed by atoms with E-state index in [9.17, 15) is 14.7 Å². The number of nitrogens with zero attached hydrogens (tertiary/aromatic N) is 3. The second kappa shape index (κ2) is 4.63. The Bertz CT molecular complexity index is 472. The number of likely N-dealkylation sites (tertiary alicyclic amines) is 1. The molecule has 98 valence electrons. The number of nitrogen functional groups attached to an aromatic ring is 1. The minimum Gasteiger partial charge on any atom is -0.480 e. The van der Waals surface area contributed by atoms with E-state index >= 15 is 0 Å². The van der Waals surface area contributed by atoms with E-state index in [1.165, 1.54) is 4.90 Å². The Morgan fingerprint density at radius 1 is 1.56 bits per heavy atom. The number of carboxylic acid groups (broad SMARTS) is 1. The summed E-state index contributed by atoms with van der Waals surface area (Å²) in [6, 6.07) is -0.822. The number of anilines is 1. The quantitative estimate of drug-likeness (QED) is 0.665. The van der Waals surface area contributed by atoms with Crippen LogP contribution in [0.2, 0.25) is 0 Å². The van der Waals surface area contributed by atoms with Crippen LogP contribution in [-0.2, 0) is 4.79 Å². The van der Waals surface area contributed by atoms with Crippen molar-refractivity contribution in [1.29, 1.82) is 0 Å². The van der Waals surface area contributed by atoms with Gasteiger partial charge in [0, 0.05) is 6.54 Å². The molecule has 1 saturated heterocycles. The van der Waals surface area contributed by atoms with Gasteiger partial charge in [-0.3, -0.25) is 9.89 Å². The van der Waals surface area contributed by atoms with E-state index in [4.69, 9.17) is 5.73 Å². The molecule has 1 amide bonds. The van der Waals surface area contributed by atoms with Crippen molar-refractivity contribution in [3.8, 4) is 0 Å². The van der Waals surface area contributed by atoms with Gasteiger partial charge in [-0.05, 0) is 18.8 Å². The zero-order chi connectivity index (χ0) is 13.3. The van der Waals surface area contributed by atoms with Crippen molar-refractivity contribution in [3.63, 3.8) is 0 Å². The van der Waals surface area contributed by atoms with Crippen LogP contribution in [0.15, 0.2) is 0 Å². The first-order valence-electron chi connectivity index (χ1n) is 5.72. The zero-order valence-electron chi connectivity index (χ0n) is 9.96. The standard InChI is InChI=1S/C10H15N5O3/c1-5-3-2-4-15(6(5)9(17)18)8(16)7-12-10(11)14-13-7/h5-6H,2-4H2,1H3,(H,17,18)(H3,11,12,13,14). The molecule has 1 aromatic heterocycles. The van der Waals surface area contributed by atoms with Gasteiger partial charge in [0.1, 0.15) is 6.04 Å². The number of aromatic nitrogens is 3. The maximum Gasteiger partial charge on any atom is 0.326 e. The second-order valence-corrected chi connectivity index (χ2v) is 4.44. The number of carbonyl (C=O) groups excluding carboxylic acids is 1. The highest BCUT2D eigenvalue weighted by Gasteiger charge is 2.38. The zero-order valence-corrected chi connectivity index (χ0v) is 9.96. The van der Waals surface area contributed by atoms with E-state index in [-0.39, 0.29) is 17.7 Å². The topological polar surface area (TPSA) is 125 Å².